The van der Waals surface area contributed by atoms with E-state index in [4.69, 9.17) is 24.5 Å². The predicted molar refractivity (Wildman–Crippen MR) is 88.3 cm³/mol. The third-order valence-electron chi connectivity index (χ3n) is 3.71. The highest BCUT2D eigenvalue weighted by Gasteiger charge is 2.45. The molecule has 0 bridgehead atoms. The zero-order valence-corrected chi connectivity index (χ0v) is 14.0. The van der Waals surface area contributed by atoms with Crippen LogP contribution in [0.5, 0.6) is 0 Å². The molecule has 126 valence electrons. The van der Waals surface area contributed by atoms with E-state index in [2.05, 4.69) is 22.7 Å². The van der Waals surface area contributed by atoms with E-state index in [1.807, 2.05) is 30.3 Å². The van der Waals surface area contributed by atoms with Gasteiger partial charge >= 0.3 is 0 Å². The Balaban J connectivity index is 2.17. The van der Waals surface area contributed by atoms with Gasteiger partial charge in [0.25, 0.3) is 0 Å². The molecule has 1 aromatic carbocycles. The Bertz CT molecular complexity index is 527. The van der Waals surface area contributed by atoms with Crippen molar-refractivity contribution in [3.05, 3.63) is 46.3 Å². The molecule has 0 spiro atoms. The first-order chi connectivity index (χ1) is 11.2. The largest absolute Gasteiger partial charge is 0.382 e. The molecule has 0 saturated carbocycles. The minimum atomic E-state index is -0.592. The van der Waals surface area contributed by atoms with Crippen molar-refractivity contribution in [3.8, 4) is 0 Å². The van der Waals surface area contributed by atoms with Crippen LogP contribution < -0.4 is 0 Å². The Morgan fingerprint density at radius 3 is 2.61 bits per heavy atom. The standard InChI is InChI=1S/C15H21N3O4S/c1-19-9-11-13(20-2)14(12(17-18-16)15(23)22-11)21-8-10-6-4-3-5-7-10/h3-7,11-15,23H,8-9H2,1-2H3/t11-,12+,13-,14-,15+/m1/s1. The van der Waals surface area contributed by atoms with E-state index < -0.39 is 23.7 Å². The first-order valence-corrected chi connectivity index (χ1v) is 7.78. The van der Waals surface area contributed by atoms with Crippen LogP contribution in [0, 0.1) is 0 Å². The van der Waals surface area contributed by atoms with Crippen molar-refractivity contribution in [2.24, 2.45) is 5.11 Å². The fourth-order valence-electron chi connectivity index (χ4n) is 2.63. The monoisotopic (exact) mass is 339 g/mol. The minimum Gasteiger partial charge on any atom is -0.382 e. The lowest BCUT2D eigenvalue weighted by Gasteiger charge is -2.42. The number of rotatable bonds is 7. The molecule has 5 atom stereocenters. The summed E-state index contributed by atoms with van der Waals surface area (Å²) in [6, 6.07) is 9.16. The zero-order chi connectivity index (χ0) is 16.7. The van der Waals surface area contributed by atoms with E-state index in [0.717, 1.165) is 5.56 Å². The Morgan fingerprint density at radius 2 is 2.00 bits per heavy atom. The number of thiol groups is 1. The minimum absolute atomic E-state index is 0.337. The molecule has 1 aliphatic rings. The highest BCUT2D eigenvalue weighted by Crippen LogP contribution is 2.30. The molecule has 7 nitrogen and oxygen atoms in total. The third kappa shape index (κ3) is 4.60. The van der Waals surface area contributed by atoms with Crippen LogP contribution in [0.15, 0.2) is 35.4 Å². The number of methoxy groups -OCH3 is 2. The van der Waals surface area contributed by atoms with Crippen molar-refractivity contribution < 1.29 is 18.9 Å². The molecule has 23 heavy (non-hydrogen) atoms. The normalized spacial score (nSPS) is 30.7. The first kappa shape index (κ1) is 18.1. The molecule has 1 fully saturated rings. The predicted octanol–water partition coefficient (Wildman–Crippen LogP) is 2.57. The van der Waals surface area contributed by atoms with Crippen molar-refractivity contribution in [1.29, 1.82) is 0 Å². The Labute approximate surface area is 140 Å². The van der Waals surface area contributed by atoms with Crippen molar-refractivity contribution >= 4 is 12.6 Å². The maximum absolute atomic E-state index is 8.82. The number of benzene rings is 1. The quantitative estimate of drug-likeness (QED) is 0.358. The summed E-state index contributed by atoms with van der Waals surface area (Å²) < 4.78 is 22.5. The fraction of sp³-hybridized carbons (Fsp3) is 0.600. The third-order valence-corrected chi connectivity index (χ3v) is 4.13. The van der Waals surface area contributed by atoms with Crippen LogP contribution in [0.2, 0.25) is 0 Å². The molecule has 0 radical (unpaired) electrons. The van der Waals surface area contributed by atoms with Gasteiger partial charge in [0, 0.05) is 19.1 Å². The van der Waals surface area contributed by atoms with E-state index in [1.54, 1.807) is 14.2 Å². The number of nitrogens with zero attached hydrogens (tertiary/aromatic N) is 3. The molecule has 1 saturated heterocycles. The lowest BCUT2D eigenvalue weighted by atomic mass is 9.98. The van der Waals surface area contributed by atoms with E-state index in [9.17, 15) is 0 Å². The zero-order valence-electron chi connectivity index (χ0n) is 13.1. The summed E-state index contributed by atoms with van der Waals surface area (Å²) in [5.41, 5.74) is 9.25. The van der Waals surface area contributed by atoms with Gasteiger partial charge in [0.15, 0.2) is 0 Å². The average Bonchev–Trinajstić information content (AvgIpc) is 2.57. The average molecular weight is 339 g/mol. The van der Waals surface area contributed by atoms with Crippen LogP contribution in [-0.4, -0.2) is 50.6 Å². The molecule has 2 rings (SSSR count). The van der Waals surface area contributed by atoms with Gasteiger partial charge in [-0.2, -0.15) is 0 Å². The molecule has 0 amide bonds. The Hall–Kier alpha value is -1.28. The van der Waals surface area contributed by atoms with Crippen LogP contribution in [0.3, 0.4) is 0 Å². The summed E-state index contributed by atoms with van der Waals surface area (Å²) in [6.45, 7) is 0.715. The Kier molecular flexibility index (Phi) is 7.16. The highest BCUT2D eigenvalue weighted by molar-refractivity contribution is 7.80. The summed E-state index contributed by atoms with van der Waals surface area (Å²) in [5.74, 6) is 0. The van der Waals surface area contributed by atoms with Crippen molar-refractivity contribution in [3.63, 3.8) is 0 Å². The van der Waals surface area contributed by atoms with Crippen LogP contribution in [0.1, 0.15) is 5.56 Å². The van der Waals surface area contributed by atoms with E-state index >= 15 is 0 Å². The first-order valence-electron chi connectivity index (χ1n) is 7.26. The van der Waals surface area contributed by atoms with Crippen LogP contribution in [0.25, 0.3) is 10.4 Å². The molecular formula is C15H21N3O4S. The molecule has 0 aliphatic carbocycles. The lowest BCUT2D eigenvalue weighted by Crippen LogP contribution is -2.58. The van der Waals surface area contributed by atoms with Crippen molar-refractivity contribution in [2.75, 3.05) is 20.8 Å². The highest BCUT2D eigenvalue weighted by atomic mass is 32.1. The maximum atomic E-state index is 8.82. The smallest absolute Gasteiger partial charge is 0.112 e. The Morgan fingerprint density at radius 1 is 1.26 bits per heavy atom. The van der Waals surface area contributed by atoms with E-state index in [0.29, 0.717) is 13.2 Å². The van der Waals surface area contributed by atoms with Gasteiger partial charge in [-0.3, -0.25) is 0 Å². The fourth-order valence-corrected chi connectivity index (χ4v) is 3.02. The summed E-state index contributed by atoms with van der Waals surface area (Å²) in [6.07, 6.45) is -1.25. The van der Waals surface area contributed by atoms with E-state index in [1.165, 1.54) is 0 Å². The molecule has 0 N–H and O–H groups in total. The lowest BCUT2D eigenvalue weighted by molar-refractivity contribution is -0.196. The number of azide groups is 1. The van der Waals surface area contributed by atoms with Crippen molar-refractivity contribution in [2.45, 2.75) is 36.4 Å². The molecule has 1 heterocycles. The molecule has 8 heteroatoms. The summed E-state index contributed by atoms with van der Waals surface area (Å²) in [7, 11) is 3.16. The number of ether oxygens (including phenoxy) is 4. The van der Waals surface area contributed by atoms with Gasteiger partial charge in [0.1, 0.15) is 23.7 Å². The summed E-state index contributed by atoms with van der Waals surface area (Å²) in [4.78, 5) is 2.88. The SMILES string of the molecule is COC[C@H]1O[C@@H](S)[C@@H](N=[N+]=[N-])[C@@H](OCc2ccccc2)[C@@H]1OC. The summed E-state index contributed by atoms with van der Waals surface area (Å²) >= 11 is 4.38. The number of hydrogen-bond donors (Lipinski definition) is 1. The molecular weight excluding hydrogens is 318 g/mol. The van der Waals surface area contributed by atoms with Gasteiger partial charge < -0.3 is 18.9 Å². The van der Waals surface area contributed by atoms with Crippen molar-refractivity contribution in [1.82, 2.24) is 0 Å². The van der Waals surface area contributed by atoms with Gasteiger partial charge in [-0.25, -0.2) is 0 Å². The second-order valence-corrected chi connectivity index (χ2v) is 5.69. The number of hydrogen-bond acceptors (Lipinski definition) is 6. The van der Waals surface area contributed by atoms with Gasteiger partial charge in [0.2, 0.25) is 0 Å². The summed E-state index contributed by atoms with van der Waals surface area (Å²) in [5, 5.41) is 3.78. The van der Waals surface area contributed by atoms with Gasteiger partial charge in [-0.1, -0.05) is 35.4 Å². The molecule has 1 aliphatic heterocycles. The maximum Gasteiger partial charge on any atom is 0.112 e. The van der Waals surface area contributed by atoms with Crippen LogP contribution in [0.4, 0.5) is 0 Å². The van der Waals surface area contributed by atoms with E-state index in [-0.39, 0.29) is 6.10 Å². The van der Waals surface area contributed by atoms with Gasteiger partial charge in [-0.05, 0) is 11.1 Å². The van der Waals surface area contributed by atoms with Gasteiger partial charge in [0.05, 0.1) is 19.3 Å². The van der Waals surface area contributed by atoms with Gasteiger partial charge in [-0.15, -0.1) is 12.6 Å². The second-order valence-electron chi connectivity index (χ2n) is 5.18. The van der Waals surface area contributed by atoms with Crippen LogP contribution in [-0.2, 0) is 25.6 Å². The van der Waals surface area contributed by atoms with Crippen LogP contribution >= 0.6 is 12.6 Å². The topological polar surface area (TPSA) is 85.7 Å². The molecule has 0 unspecified atom stereocenters. The molecule has 1 aromatic rings. The second kappa shape index (κ2) is 9.12. The molecule has 0 aromatic heterocycles.